The van der Waals surface area contributed by atoms with Gasteiger partial charge in [-0.15, -0.1) is 0 Å². The van der Waals surface area contributed by atoms with Gasteiger partial charge in [0.2, 0.25) is 0 Å². The molecule has 0 aliphatic heterocycles. The Bertz CT molecular complexity index is 767. The van der Waals surface area contributed by atoms with Crippen LogP contribution in [-0.4, -0.2) is 22.7 Å². The van der Waals surface area contributed by atoms with E-state index in [1.54, 1.807) is 12.1 Å². The first-order valence-corrected chi connectivity index (χ1v) is 13.0. The Balaban J connectivity index is 1.69. The number of nitrogens with zero attached hydrogens (tertiary/aromatic N) is 2. The second-order valence-electron chi connectivity index (χ2n) is 9.02. The maximum Gasteiger partial charge on any atom is 0.165 e. The molecule has 0 bridgehead atoms. The molecule has 33 heavy (non-hydrogen) atoms. The van der Waals surface area contributed by atoms with Crippen LogP contribution in [0.1, 0.15) is 103 Å². The third-order valence-corrected chi connectivity index (χ3v) is 6.00. The molecule has 1 aromatic carbocycles. The second-order valence-corrected chi connectivity index (χ2v) is 9.02. The molecule has 0 saturated carbocycles. The quantitative estimate of drug-likeness (QED) is 0.209. The van der Waals surface area contributed by atoms with Gasteiger partial charge in [0.25, 0.3) is 0 Å². The van der Waals surface area contributed by atoms with E-state index in [0.29, 0.717) is 17.8 Å². The lowest BCUT2D eigenvalue weighted by molar-refractivity contribution is 0.220. The summed E-state index contributed by atoms with van der Waals surface area (Å²) in [5.41, 5.74) is 1.73. The largest absolute Gasteiger partial charge is 0.490 e. The number of hydrogen-bond donors (Lipinski definition) is 0. The fraction of sp³-hybridized carbons (Fsp3) is 0.643. The van der Waals surface area contributed by atoms with Crippen LogP contribution in [0.5, 0.6) is 5.75 Å². The number of ether oxygens (including phenoxy) is 1. The Kier molecular flexibility index (Phi) is 13.6. The molecule has 0 aliphatic carbocycles. The first kappa shape index (κ1) is 27.2. The Morgan fingerprint density at radius 3 is 2.06 bits per heavy atom. The van der Waals surface area contributed by atoms with Gasteiger partial charge in [0.05, 0.1) is 6.61 Å². The van der Waals surface area contributed by atoms with Crippen LogP contribution in [-0.2, 0) is 6.42 Å². The fourth-order valence-corrected chi connectivity index (χ4v) is 3.96. The zero-order valence-electron chi connectivity index (χ0n) is 20.6. The average molecular weight is 461 g/mol. The maximum absolute atomic E-state index is 14.4. The van der Waals surface area contributed by atoms with Gasteiger partial charge in [0, 0.05) is 24.4 Å². The van der Waals surface area contributed by atoms with E-state index in [1.165, 1.54) is 63.9 Å². The van der Waals surface area contributed by atoms with Crippen LogP contribution < -0.4 is 4.74 Å². The van der Waals surface area contributed by atoms with Crippen molar-refractivity contribution >= 4 is 0 Å². The summed E-state index contributed by atoms with van der Waals surface area (Å²) in [7, 11) is 0. The maximum atomic E-state index is 14.4. The molecular formula is C28H42F2N2O. The van der Waals surface area contributed by atoms with Crippen molar-refractivity contribution in [3.05, 3.63) is 42.0 Å². The van der Waals surface area contributed by atoms with Crippen LogP contribution in [0, 0.1) is 5.82 Å². The molecule has 1 atom stereocenters. The van der Waals surface area contributed by atoms with E-state index in [0.717, 1.165) is 24.8 Å². The molecule has 1 heterocycles. The van der Waals surface area contributed by atoms with Gasteiger partial charge in [-0.3, -0.25) is 0 Å². The highest BCUT2D eigenvalue weighted by atomic mass is 19.1. The van der Waals surface area contributed by atoms with E-state index >= 15 is 0 Å². The number of benzene rings is 1. The van der Waals surface area contributed by atoms with Gasteiger partial charge in [-0.1, -0.05) is 78.1 Å². The van der Waals surface area contributed by atoms with Crippen molar-refractivity contribution in [1.82, 2.24) is 9.97 Å². The lowest BCUT2D eigenvalue weighted by Gasteiger charge is -2.10. The molecule has 0 radical (unpaired) electrons. The monoisotopic (exact) mass is 460 g/mol. The van der Waals surface area contributed by atoms with Gasteiger partial charge in [-0.05, 0) is 43.0 Å². The predicted molar refractivity (Wildman–Crippen MR) is 133 cm³/mol. The summed E-state index contributed by atoms with van der Waals surface area (Å²) in [4.78, 5) is 8.84. The number of unbranched alkanes of at least 4 members (excludes halogenated alkanes) is 9. The van der Waals surface area contributed by atoms with Crippen LogP contribution in [0.3, 0.4) is 0 Å². The zero-order chi connectivity index (χ0) is 23.7. The topological polar surface area (TPSA) is 35.0 Å². The first-order valence-electron chi connectivity index (χ1n) is 13.0. The van der Waals surface area contributed by atoms with E-state index in [4.69, 9.17) is 4.74 Å². The van der Waals surface area contributed by atoms with Crippen molar-refractivity contribution < 1.29 is 13.5 Å². The van der Waals surface area contributed by atoms with E-state index in [2.05, 4.69) is 16.9 Å². The van der Waals surface area contributed by atoms with Crippen molar-refractivity contribution in [2.24, 2.45) is 0 Å². The fourth-order valence-electron chi connectivity index (χ4n) is 3.96. The van der Waals surface area contributed by atoms with Gasteiger partial charge in [-0.25, -0.2) is 18.7 Å². The molecule has 184 valence electrons. The summed E-state index contributed by atoms with van der Waals surface area (Å²) in [5, 5.41) is 0. The molecule has 2 aromatic rings. The molecule has 1 unspecified atom stereocenters. The first-order chi connectivity index (χ1) is 16.1. The van der Waals surface area contributed by atoms with E-state index in [1.807, 2.05) is 19.3 Å². The molecular weight excluding hydrogens is 418 g/mol. The van der Waals surface area contributed by atoms with Crippen molar-refractivity contribution in [1.29, 1.82) is 0 Å². The number of hydrogen-bond acceptors (Lipinski definition) is 3. The van der Waals surface area contributed by atoms with Crippen molar-refractivity contribution in [2.45, 2.75) is 110 Å². The molecule has 0 aliphatic rings. The van der Waals surface area contributed by atoms with Gasteiger partial charge < -0.3 is 4.74 Å². The van der Waals surface area contributed by atoms with Crippen LogP contribution in [0.4, 0.5) is 8.78 Å². The summed E-state index contributed by atoms with van der Waals surface area (Å²) in [6.07, 6.45) is 18.5. The lowest BCUT2D eigenvalue weighted by atomic mass is 10.0. The average Bonchev–Trinajstić information content (AvgIpc) is 2.82. The highest BCUT2D eigenvalue weighted by Gasteiger charge is 2.10. The van der Waals surface area contributed by atoms with Crippen LogP contribution in [0.15, 0.2) is 30.6 Å². The van der Waals surface area contributed by atoms with Crippen LogP contribution in [0.25, 0.3) is 11.4 Å². The third-order valence-electron chi connectivity index (χ3n) is 6.00. The Hall–Kier alpha value is -2.04. The standard InChI is InChI=1S/C28H42F2N2O/c1-3-5-6-7-8-9-10-11-12-13-15-23-21-31-28(32-22-23)24-16-17-27(26(30)20-24)33-19-18-25(29)14-4-2/h16-17,20-22,25H,3-15,18-19H2,1-2H3. The van der Waals surface area contributed by atoms with E-state index < -0.39 is 12.0 Å². The van der Waals surface area contributed by atoms with Crippen molar-refractivity contribution in [3.8, 4) is 17.1 Å². The van der Waals surface area contributed by atoms with Gasteiger partial charge in [0.15, 0.2) is 17.4 Å². The minimum absolute atomic E-state index is 0.139. The van der Waals surface area contributed by atoms with E-state index in [9.17, 15) is 8.78 Å². The Morgan fingerprint density at radius 2 is 1.45 bits per heavy atom. The van der Waals surface area contributed by atoms with E-state index in [-0.39, 0.29) is 18.8 Å². The minimum atomic E-state index is -0.899. The van der Waals surface area contributed by atoms with Gasteiger partial charge in [-0.2, -0.15) is 0 Å². The smallest absolute Gasteiger partial charge is 0.165 e. The minimum Gasteiger partial charge on any atom is -0.490 e. The summed E-state index contributed by atoms with van der Waals surface area (Å²) in [6.45, 7) is 4.37. The number of aromatic nitrogens is 2. The number of aryl methyl sites for hydroxylation is 1. The Labute approximate surface area is 199 Å². The molecule has 2 rings (SSSR count). The zero-order valence-corrected chi connectivity index (χ0v) is 20.6. The number of halogens is 2. The van der Waals surface area contributed by atoms with Crippen LogP contribution >= 0.6 is 0 Å². The number of rotatable bonds is 18. The number of alkyl halides is 1. The molecule has 0 spiro atoms. The molecule has 5 heteroatoms. The molecule has 3 nitrogen and oxygen atoms in total. The third kappa shape index (κ3) is 11.1. The molecule has 0 fully saturated rings. The second kappa shape index (κ2) is 16.6. The van der Waals surface area contributed by atoms with Crippen LogP contribution in [0.2, 0.25) is 0 Å². The molecule has 0 saturated heterocycles. The van der Waals surface area contributed by atoms with Gasteiger partial charge >= 0.3 is 0 Å². The normalized spacial score (nSPS) is 12.1. The summed E-state index contributed by atoms with van der Waals surface area (Å²) >= 11 is 0. The lowest BCUT2D eigenvalue weighted by Crippen LogP contribution is -2.08. The van der Waals surface area contributed by atoms with Crippen molar-refractivity contribution in [3.63, 3.8) is 0 Å². The van der Waals surface area contributed by atoms with Crippen molar-refractivity contribution in [2.75, 3.05) is 6.61 Å². The summed E-state index contributed by atoms with van der Waals surface area (Å²) in [5.74, 6) is 0.163. The Morgan fingerprint density at radius 1 is 0.818 bits per heavy atom. The highest BCUT2D eigenvalue weighted by molar-refractivity contribution is 5.56. The van der Waals surface area contributed by atoms with Gasteiger partial charge in [0.1, 0.15) is 6.17 Å². The highest BCUT2D eigenvalue weighted by Crippen LogP contribution is 2.24. The summed E-state index contributed by atoms with van der Waals surface area (Å²) < 4.78 is 33.3. The predicted octanol–water partition coefficient (Wildman–Crippen LogP) is 8.65. The summed E-state index contributed by atoms with van der Waals surface area (Å²) in [6, 6.07) is 4.69. The molecule has 1 aromatic heterocycles. The SMILES string of the molecule is CCCCCCCCCCCCc1cnc(-c2ccc(OCCC(F)CCC)c(F)c2)nc1. The molecule has 0 amide bonds. The molecule has 0 N–H and O–H groups in total.